The molecular formula is C33H33ClN2O4S. The predicted molar refractivity (Wildman–Crippen MR) is 164 cm³/mol. The standard InChI is InChI=1S/C33H33ClN2O4S/c1-6-8-26-29(32(38)39-7-2)30(22-12-10-21(11-13-22)19(3)4)36-31(37)28(41-33(36)35-26)18-24-15-16-27(40-24)25-17-23(34)14-9-20(25)5/h9-19,30H,6-8H2,1-5H3/b28-18-/t30-/m0/s1. The zero-order chi connectivity index (χ0) is 29.3. The highest BCUT2D eigenvalue weighted by Crippen LogP contribution is 2.33. The van der Waals surface area contributed by atoms with Crippen molar-refractivity contribution >= 4 is 35.0 Å². The third-order valence-electron chi connectivity index (χ3n) is 7.18. The minimum Gasteiger partial charge on any atom is -0.463 e. The van der Waals surface area contributed by atoms with Crippen molar-refractivity contribution in [3.05, 3.63) is 113 Å². The highest BCUT2D eigenvalue weighted by molar-refractivity contribution is 7.07. The second kappa shape index (κ2) is 12.0. The van der Waals surface area contributed by atoms with Crippen molar-refractivity contribution in [3.8, 4) is 11.3 Å². The first-order chi connectivity index (χ1) is 19.7. The molecular weight excluding hydrogens is 556 g/mol. The first-order valence-electron chi connectivity index (χ1n) is 13.9. The van der Waals surface area contributed by atoms with Crippen molar-refractivity contribution in [2.75, 3.05) is 6.61 Å². The highest BCUT2D eigenvalue weighted by Gasteiger charge is 2.34. The summed E-state index contributed by atoms with van der Waals surface area (Å²) in [7, 11) is 0. The monoisotopic (exact) mass is 588 g/mol. The fraction of sp³-hybridized carbons (Fsp3) is 0.303. The van der Waals surface area contributed by atoms with E-state index in [-0.39, 0.29) is 12.2 Å². The van der Waals surface area contributed by atoms with E-state index in [1.807, 2.05) is 56.3 Å². The van der Waals surface area contributed by atoms with Gasteiger partial charge in [-0.25, -0.2) is 9.79 Å². The number of fused-ring (bicyclic) bond motifs is 1. The lowest BCUT2D eigenvalue weighted by Gasteiger charge is -2.26. The Morgan fingerprint density at radius 1 is 1.15 bits per heavy atom. The Labute approximate surface area is 248 Å². The van der Waals surface area contributed by atoms with Gasteiger partial charge in [0.25, 0.3) is 5.56 Å². The Morgan fingerprint density at radius 2 is 1.90 bits per heavy atom. The summed E-state index contributed by atoms with van der Waals surface area (Å²) in [6.07, 6.45) is 3.13. The van der Waals surface area contributed by atoms with Crippen LogP contribution < -0.4 is 14.9 Å². The zero-order valence-corrected chi connectivity index (χ0v) is 25.4. The maximum atomic E-state index is 14.0. The van der Waals surface area contributed by atoms with E-state index in [0.717, 1.165) is 23.1 Å². The van der Waals surface area contributed by atoms with Gasteiger partial charge in [0.15, 0.2) is 4.80 Å². The lowest BCUT2D eigenvalue weighted by molar-refractivity contribution is -0.139. The number of ether oxygens (including phenoxy) is 1. The van der Waals surface area contributed by atoms with Crippen LogP contribution in [0.1, 0.15) is 74.9 Å². The molecule has 4 aromatic rings. The van der Waals surface area contributed by atoms with Crippen LogP contribution in [0.5, 0.6) is 0 Å². The van der Waals surface area contributed by atoms with Crippen LogP contribution in [0.15, 0.2) is 80.1 Å². The summed E-state index contributed by atoms with van der Waals surface area (Å²) < 4.78 is 13.7. The van der Waals surface area contributed by atoms with Gasteiger partial charge >= 0.3 is 5.97 Å². The van der Waals surface area contributed by atoms with Crippen LogP contribution in [-0.2, 0) is 9.53 Å². The normalized spacial score (nSPS) is 15.3. The zero-order valence-electron chi connectivity index (χ0n) is 23.9. The maximum absolute atomic E-state index is 14.0. The van der Waals surface area contributed by atoms with Gasteiger partial charge in [-0.15, -0.1) is 0 Å². The smallest absolute Gasteiger partial charge is 0.338 e. The highest BCUT2D eigenvalue weighted by atomic mass is 35.5. The Morgan fingerprint density at radius 3 is 2.59 bits per heavy atom. The third kappa shape index (κ3) is 5.74. The van der Waals surface area contributed by atoms with E-state index in [2.05, 4.69) is 26.0 Å². The van der Waals surface area contributed by atoms with E-state index in [1.54, 1.807) is 17.6 Å². The number of carbonyl (C=O) groups excluding carboxylic acids is 1. The molecule has 0 amide bonds. The number of halogens is 1. The molecule has 0 radical (unpaired) electrons. The van der Waals surface area contributed by atoms with Gasteiger partial charge in [-0.1, -0.05) is 80.5 Å². The van der Waals surface area contributed by atoms with Crippen molar-refractivity contribution in [3.63, 3.8) is 0 Å². The molecule has 2 aromatic heterocycles. The number of benzene rings is 2. The van der Waals surface area contributed by atoms with Crippen LogP contribution in [0.3, 0.4) is 0 Å². The molecule has 212 valence electrons. The number of carbonyl (C=O) groups is 1. The topological polar surface area (TPSA) is 73.8 Å². The Hall–Kier alpha value is -3.68. The van der Waals surface area contributed by atoms with Crippen LogP contribution >= 0.6 is 22.9 Å². The largest absolute Gasteiger partial charge is 0.463 e. The number of nitrogens with zero attached hydrogens (tertiary/aromatic N) is 2. The molecule has 0 unspecified atom stereocenters. The summed E-state index contributed by atoms with van der Waals surface area (Å²) in [5, 5.41) is 0.624. The van der Waals surface area contributed by atoms with Gasteiger partial charge in [0.05, 0.1) is 28.5 Å². The number of hydrogen-bond acceptors (Lipinski definition) is 6. The number of thiazole rings is 1. The number of allylic oxidation sites excluding steroid dienone is 1. The molecule has 0 saturated heterocycles. The summed E-state index contributed by atoms with van der Waals surface area (Å²) in [6, 6.07) is 16.8. The van der Waals surface area contributed by atoms with Crippen LogP contribution in [0.4, 0.5) is 0 Å². The lowest BCUT2D eigenvalue weighted by Crippen LogP contribution is -2.40. The number of furan rings is 1. The number of aromatic nitrogens is 1. The first kappa shape index (κ1) is 28.8. The summed E-state index contributed by atoms with van der Waals surface area (Å²) in [5.74, 6) is 1.12. The van der Waals surface area contributed by atoms with E-state index in [4.69, 9.17) is 25.7 Å². The Balaban J connectivity index is 1.67. The van der Waals surface area contributed by atoms with Crippen molar-refractivity contribution in [2.45, 2.75) is 59.4 Å². The van der Waals surface area contributed by atoms with Gasteiger partial charge < -0.3 is 9.15 Å². The van der Waals surface area contributed by atoms with E-state index >= 15 is 0 Å². The van der Waals surface area contributed by atoms with Gasteiger partial charge in [0.1, 0.15) is 11.5 Å². The molecule has 1 atom stereocenters. The molecule has 1 aliphatic rings. The molecule has 0 bridgehead atoms. The summed E-state index contributed by atoms with van der Waals surface area (Å²) in [5.41, 5.74) is 4.79. The number of hydrogen-bond donors (Lipinski definition) is 0. The minimum atomic E-state index is -0.642. The lowest BCUT2D eigenvalue weighted by atomic mass is 9.92. The second-order valence-corrected chi connectivity index (χ2v) is 11.8. The van der Waals surface area contributed by atoms with Gasteiger partial charge in [-0.2, -0.15) is 0 Å². The van der Waals surface area contributed by atoms with E-state index in [1.165, 1.54) is 16.9 Å². The molecule has 41 heavy (non-hydrogen) atoms. The van der Waals surface area contributed by atoms with Crippen molar-refractivity contribution in [1.82, 2.24) is 4.57 Å². The average molecular weight is 589 g/mol. The molecule has 6 nitrogen and oxygen atoms in total. The SMILES string of the molecule is CCCC1=C(C(=O)OCC)[C@H](c2ccc(C(C)C)cc2)n2c(s/c(=C\c3ccc(-c4cc(Cl)ccc4C)o3)c2=O)=N1. The molecule has 1 aliphatic heterocycles. The second-order valence-electron chi connectivity index (χ2n) is 10.4. The van der Waals surface area contributed by atoms with Crippen LogP contribution in [0.25, 0.3) is 17.4 Å². The predicted octanol–water partition coefficient (Wildman–Crippen LogP) is 6.92. The fourth-order valence-electron chi connectivity index (χ4n) is 5.06. The van der Waals surface area contributed by atoms with Crippen LogP contribution in [-0.4, -0.2) is 17.1 Å². The summed E-state index contributed by atoms with van der Waals surface area (Å²) >= 11 is 7.51. The first-order valence-corrected chi connectivity index (χ1v) is 15.1. The van der Waals surface area contributed by atoms with Crippen molar-refractivity contribution in [1.29, 1.82) is 0 Å². The van der Waals surface area contributed by atoms with Crippen molar-refractivity contribution in [2.24, 2.45) is 4.99 Å². The quantitative estimate of drug-likeness (QED) is 0.209. The van der Waals surface area contributed by atoms with E-state index < -0.39 is 12.0 Å². The molecule has 8 heteroatoms. The maximum Gasteiger partial charge on any atom is 0.338 e. The molecule has 0 N–H and O–H groups in total. The number of esters is 1. The van der Waals surface area contributed by atoms with Crippen LogP contribution in [0.2, 0.25) is 5.02 Å². The average Bonchev–Trinajstić information content (AvgIpc) is 3.54. The summed E-state index contributed by atoms with van der Waals surface area (Å²) in [6.45, 7) is 10.3. The van der Waals surface area contributed by atoms with Gasteiger partial charge in [-0.3, -0.25) is 9.36 Å². The fourth-order valence-corrected chi connectivity index (χ4v) is 6.24. The Kier molecular flexibility index (Phi) is 8.47. The molecule has 5 rings (SSSR count). The van der Waals surface area contributed by atoms with Gasteiger partial charge in [0, 0.05) is 16.7 Å². The molecule has 0 aliphatic carbocycles. The minimum absolute atomic E-state index is 0.234. The summed E-state index contributed by atoms with van der Waals surface area (Å²) in [4.78, 5) is 32.7. The van der Waals surface area contributed by atoms with Crippen LogP contribution in [0, 0.1) is 6.92 Å². The molecule has 0 saturated carbocycles. The Bertz CT molecular complexity index is 1810. The van der Waals surface area contributed by atoms with Crippen molar-refractivity contribution < 1.29 is 13.9 Å². The molecule has 0 fully saturated rings. The third-order valence-corrected chi connectivity index (χ3v) is 8.39. The number of rotatable bonds is 8. The molecule has 3 heterocycles. The number of aryl methyl sites for hydroxylation is 1. The molecule has 2 aromatic carbocycles. The molecule has 0 spiro atoms. The van der Waals surface area contributed by atoms with Gasteiger partial charge in [-0.05, 0) is 67.1 Å². The van der Waals surface area contributed by atoms with E-state index in [0.29, 0.717) is 49.5 Å². The van der Waals surface area contributed by atoms with E-state index in [9.17, 15) is 9.59 Å². The van der Waals surface area contributed by atoms with Gasteiger partial charge in [0.2, 0.25) is 0 Å².